The molecule has 6 heteroatoms. The van der Waals surface area contributed by atoms with Crippen molar-refractivity contribution in [2.45, 2.75) is 31.3 Å². The zero-order valence-corrected chi connectivity index (χ0v) is 17.5. The predicted octanol–water partition coefficient (Wildman–Crippen LogP) is 3.81. The number of halogens is 1. The Morgan fingerprint density at radius 3 is 2.16 bits per heavy atom. The molecular weight excluding hydrogens is 405 g/mol. The second-order valence-corrected chi connectivity index (χ2v) is 7.44. The molecule has 0 aromatic heterocycles. The van der Waals surface area contributed by atoms with E-state index in [0.29, 0.717) is 12.8 Å². The zero-order chi connectivity index (χ0) is 22.8. The summed E-state index contributed by atoms with van der Waals surface area (Å²) in [4.78, 5) is 25.7. The summed E-state index contributed by atoms with van der Waals surface area (Å²) in [5.74, 6) is -1.55. The predicted molar refractivity (Wildman–Crippen MR) is 120 cm³/mol. The Kier molecular flexibility index (Phi) is 8.10. The Hall–Kier alpha value is -3.98. The molecule has 2 N–H and O–H groups in total. The lowest BCUT2D eigenvalue weighted by atomic mass is 10.0. The number of nitriles is 1. The minimum Gasteiger partial charge on any atom is -0.340 e. The van der Waals surface area contributed by atoms with Crippen LogP contribution in [0.25, 0.3) is 0 Å². The maximum absolute atomic E-state index is 13.5. The Morgan fingerprint density at radius 1 is 0.875 bits per heavy atom. The summed E-state index contributed by atoms with van der Waals surface area (Å²) in [7, 11) is 0. The number of nitrogens with one attached hydrogen (secondary N) is 2. The maximum Gasteiger partial charge on any atom is 0.252 e. The molecule has 0 unspecified atom stereocenters. The molecule has 0 heterocycles. The normalized spacial score (nSPS) is 12.2. The fourth-order valence-corrected chi connectivity index (χ4v) is 3.33. The largest absolute Gasteiger partial charge is 0.340 e. The van der Waals surface area contributed by atoms with E-state index in [1.165, 1.54) is 18.2 Å². The van der Waals surface area contributed by atoms with Gasteiger partial charge in [0, 0.05) is 12.0 Å². The van der Waals surface area contributed by atoms with E-state index < -0.39 is 29.7 Å². The molecule has 0 saturated heterocycles. The summed E-state index contributed by atoms with van der Waals surface area (Å²) in [5, 5.41) is 14.9. The molecular formula is C26H24FN3O2. The van der Waals surface area contributed by atoms with Crippen LogP contribution in [0.3, 0.4) is 0 Å². The summed E-state index contributed by atoms with van der Waals surface area (Å²) in [5.41, 5.74) is 2.05. The van der Waals surface area contributed by atoms with Gasteiger partial charge in [-0.15, -0.1) is 0 Å². The van der Waals surface area contributed by atoms with Crippen molar-refractivity contribution < 1.29 is 14.0 Å². The third-order valence-corrected chi connectivity index (χ3v) is 5.03. The highest BCUT2D eigenvalue weighted by Gasteiger charge is 2.24. The molecule has 3 aromatic rings. The minimum absolute atomic E-state index is 0.122. The van der Waals surface area contributed by atoms with Gasteiger partial charge in [0.05, 0.1) is 6.07 Å². The minimum atomic E-state index is -0.916. The molecule has 32 heavy (non-hydrogen) atoms. The van der Waals surface area contributed by atoms with Crippen LogP contribution in [0, 0.1) is 17.1 Å². The van der Waals surface area contributed by atoms with Gasteiger partial charge in [-0.1, -0.05) is 66.7 Å². The van der Waals surface area contributed by atoms with Crippen molar-refractivity contribution in [3.05, 3.63) is 107 Å². The fraction of sp³-hybridized carbons (Fsp3) is 0.192. The molecule has 2 atom stereocenters. The number of amides is 2. The van der Waals surface area contributed by atoms with Gasteiger partial charge in [-0.25, -0.2) is 4.39 Å². The van der Waals surface area contributed by atoms with Crippen LogP contribution in [0.15, 0.2) is 84.9 Å². The van der Waals surface area contributed by atoms with Crippen LogP contribution >= 0.6 is 0 Å². The highest BCUT2D eigenvalue weighted by molar-refractivity contribution is 5.97. The molecule has 0 aliphatic rings. The molecule has 0 spiro atoms. The molecule has 3 rings (SSSR count). The maximum atomic E-state index is 13.5. The summed E-state index contributed by atoms with van der Waals surface area (Å²) in [6.45, 7) is 0. The van der Waals surface area contributed by atoms with Crippen molar-refractivity contribution in [2.24, 2.45) is 0 Å². The van der Waals surface area contributed by atoms with Gasteiger partial charge in [0.15, 0.2) is 0 Å². The van der Waals surface area contributed by atoms with Gasteiger partial charge in [-0.05, 0) is 42.2 Å². The average molecular weight is 429 g/mol. The molecule has 3 aromatic carbocycles. The number of carbonyl (C=O) groups excluding carboxylic acids is 2. The SMILES string of the molecule is N#C[C@H](CCc1ccccc1)NC(=O)[C@H](Cc1ccccc1)NC(=O)c1cccc(F)c1. The number of aryl methyl sites for hydroxylation is 1. The summed E-state index contributed by atoms with van der Waals surface area (Å²) < 4.78 is 13.5. The van der Waals surface area contributed by atoms with Crippen LogP contribution in [0.2, 0.25) is 0 Å². The molecule has 5 nitrogen and oxygen atoms in total. The summed E-state index contributed by atoms with van der Waals surface area (Å²) in [6, 6.07) is 24.7. The number of hydrogen-bond donors (Lipinski definition) is 2. The van der Waals surface area contributed by atoms with Crippen molar-refractivity contribution >= 4 is 11.8 Å². The van der Waals surface area contributed by atoms with Crippen molar-refractivity contribution in [3.63, 3.8) is 0 Å². The Bertz CT molecular complexity index is 1080. The lowest BCUT2D eigenvalue weighted by Crippen LogP contribution is -2.50. The van der Waals surface area contributed by atoms with Gasteiger partial charge in [0.2, 0.25) is 5.91 Å². The zero-order valence-electron chi connectivity index (χ0n) is 17.5. The summed E-state index contributed by atoms with van der Waals surface area (Å²) >= 11 is 0. The van der Waals surface area contributed by atoms with E-state index in [-0.39, 0.29) is 12.0 Å². The molecule has 0 radical (unpaired) electrons. The molecule has 162 valence electrons. The Morgan fingerprint density at radius 2 is 1.53 bits per heavy atom. The standard InChI is InChI=1S/C26H24FN3O2/c27-22-13-7-12-21(17-22)25(31)30-24(16-20-10-5-2-6-11-20)26(32)29-23(18-28)15-14-19-8-3-1-4-9-19/h1-13,17,23-24H,14-16H2,(H,29,32)(H,30,31)/t23-,24-/m0/s1. The number of hydrogen-bond acceptors (Lipinski definition) is 3. The molecule has 2 amide bonds. The number of carbonyl (C=O) groups is 2. The van der Waals surface area contributed by atoms with Crippen molar-refractivity contribution in [3.8, 4) is 6.07 Å². The number of nitrogens with zero attached hydrogens (tertiary/aromatic N) is 1. The lowest BCUT2D eigenvalue weighted by molar-refractivity contribution is -0.123. The second-order valence-electron chi connectivity index (χ2n) is 7.44. The third kappa shape index (κ3) is 6.78. The number of rotatable bonds is 9. The van der Waals surface area contributed by atoms with Gasteiger partial charge in [0.1, 0.15) is 17.9 Å². The first-order valence-electron chi connectivity index (χ1n) is 10.4. The van der Waals surface area contributed by atoms with E-state index in [1.807, 2.05) is 60.7 Å². The van der Waals surface area contributed by atoms with E-state index in [9.17, 15) is 19.2 Å². The first-order valence-corrected chi connectivity index (χ1v) is 10.4. The summed E-state index contributed by atoms with van der Waals surface area (Å²) in [6.07, 6.45) is 1.32. The van der Waals surface area contributed by atoms with Crippen LogP contribution in [-0.2, 0) is 17.6 Å². The molecule has 0 fully saturated rings. The van der Waals surface area contributed by atoms with E-state index in [1.54, 1.807) is 0 Å². The smallest absolute Gasteiger partial charge is 0.252 e. The van der Waals surface area contributed by atoms with E-state index in [4.69, 9.17) is 0 Å². The first kappa shape index (κ1) is 22.7. The van der Waals surface area contributed by atoms with Gasteiger partial charge < -0.3 is 10.6 Å². The van der Waals surface area contributed by atoms with Crippen LogP contribution in [0.5, 0.6) is 0 Å². The molecule has 0 bridgehead atoms. The number of benzene rings is 3. The van der Waals surface area contributed by atoms with Gasteiger partial charge >= 0.3 is 0 Å². The highest BCUT2D eigenvalue weighted by atomic mass is 19.1. The van der Waals surface area contributed by atoms with Crippen LogP contribution < -0.4 is 10.6 Å². The van der Waals surface area contributed by atoms with Gasteiger partial charge in [-0.2, -0.15) is 5.26 Å². The highest BCUT2D eigenvalue weighted by Crippen LogP contribution is 2.09. The lowest BCUT2D eigenvalue weighted by Gasteiger charge is -2.21. The van der Waals surface area contributed by atoms with Gasteiger partial charge in [-0.3, -0.25) is 9.59 Å². The van der Waals surface area contributed by atoms with Crippen LogP contribution in [0.1, 0.15) is 27.9 Å². The van der Waals surface area contributed by atoms with E-state index in [2.05, 4.69) is 16.7 Å². The first-order chi connectivity index (χ1) is 15.5. The van der Waals surface area contributed by atoms with Crippen molar-refractivity contribution in [1.29, 1.82) is 5.26 Å². The molecule has 0 saturated carbocycles. The molecule has 0 aliphatic carbocycles. The Labute approximate surface area is 186 Å². The van der Waals surface area contributed by atoms with Gasteiger partial charge in [0.25, 0.3) is 5.91 Å². The topological polar surface area (TPSA) is 82.0 Å². The third-order valence-electron chi connectivity index (χ3n) is 5.03. The van der Waals surface area contributed by atoms with Crippen LogP contribution in [-0.4, -0.2) is 23.9 Å². The van der Waals surface area contributed by atoms with Crippen molar-refractivity contribution in [1.82, 2.24) is 10.6 Å². The second kappa shape index (κ2) is 11.4. The molecule has 0 aliphatic heterocycles. The monoisotopic (exact) mass is 429 g/mol. The van der Waals surface area contributed by atoms with E-state index in [0.717, 1.165) is 17.2 Å². The van der Waals surface area contributed by atoms with Crippen LogP contribution in [0.4, 0.5) is 4.39 Å². The quantitative estimate of drug-likeness (QED) is 0.543. The Balaban J connectivity index is 1.70. The fourth-order valence-electron chi connectivity index (χ4n) is 3.33. The average Bonchev–Trinajstić information content (AvgIpc) is 2.82. The van der Waals surface area contributed by atoms with Crippen molar-refractivity contribution in [2.75, 3.05) is 0 Å². The van der Waals surface area contributed by atoms with E-state index >= 15 is 0 Å².